The van der Waals surface area contributed by atoms with Crippen molar-refractivity contribution in [1.82, 2.24) is 24.5 Å². The smallest absolute Gasteiger partial charge is 0.168 e. The van der Waals surface area contributed by atoms with Crippen LogP contribution in [-0.4, -0.2) is 29.6 Å². The van der Waals surface area contributed by atoms with E-state index < -0.39 is 0 Å². The average Bonchev–Trinajstić information content (AvgIpc) is 3.66. The fourth-order valence-corrected chi connectivity index (χ4v) is 7.89. The van der Waals surface area contributed by atoms with Crippen LogP contribution in [0, 0.1) is 0 Å². The van der Waals surface area contributed by atoms with Crippen LogP contribution in [0.1, 0.15) is 52.8 Å². The molecule has 0 bridgehead atoms. The van der Waals surface area contributed by atoms with E-state index in [9.17, 15) is 5.11 Å². The maximum atomic E-state index is 12.2. The highest BCUT2D eigenvalue weighted by Crippen LogP contribution is 2.43. The van der Waals surface area contributed by atoms with Gasteiger partial charge in [-0.3, -0.25) is 14.5 Å². The Morgan fingerprint density at radius 2 is 1.12 bits per heavy atom. The summed E-state index contributed by atoms with van der Waals surface area (Å²) >= 11 is 0. The second kappa shape index (κ2) is 15.2. The number of aromatic nitrogens is 5. The number of para-hydroxylation sites is 1. The summed E-state index contributed by atoms with van der Waals surface area (Å²) in [5, 5.41) is 12.2. The van der Waals surface area contributed by atoms with Gasteiger partial charge >= 0.3 is 0 Å². The van der Waals surface area contributed by atoms with E-state index in [0.29, 0.717) is 11.5 Å². The molecule has 294 valence electrons. The largest absolute Gasteiger partial charge is 0.505 e. The molecule has 5 aromatic carbocycles. The molecule has 0 aliphatic rings. The van der Waals surface area contributed by atoms with Gasteiger partial charge in [0.05, 0.1) is 23.1 Å². The number of rotatable bonds is 7. The van der Waals surface area contributed by atoms with E-state index in [1.54, 1.807) is 0 Å². The predicted molar refractivity (Wildman–Crippen MR) is 246 cm³/mol. The van der Waals surface area contributed by atoms with E-state index >= 15 is 0 Å². The SMILES string of the molecule is CC(C)(C)c1cc(C(C)(C)C)c(O)c(-c2nc3c(-c4cccc(-c5cc(-c6ccc(-c7ccccc7)cc6)ccn5)c4)cncc3n2-c2ccccc2-c2ccccc2)n1. The number of imidazole rings is 1. The lowest BCUT2D eigenvalue weighted by molar-refractivity contribution is 0.441. The van der Waals surface area contributed by atoms with Crippen molar-refractivity contribution >= 4 is 11.0 Å². The van der Waals surface area contributed by atoms with E-state index in [1.165, 1.54) is 11.1 Å². The molecule has 1 N–H and O–H groups in total. The Labute approximate surface area is 352 Å². The maximum absolute atomic E-state index is 12.2. The first-order valence-electron chi connectivity index (χ1n) is 20.4. The number of pyridine rings is 3. The van der Waals surface area contributed by atoms with Crippen molar-refractivity contribution in [3.63, 3.8) is 0 Å². The van der Waals surface area contributed by atoms with Crippen molar-refractivity contribution in [2.45, 2.75) is 52.4 Å². The quantitative estimate of drug-likeness (QED) is 0.174. The minimum Gasteiger partial charge on any atom is -0.505 e. The van der Waals surface area contributed by atoms with E-state index in [2.05, 4.69) is 161 Å². The van der Waals surface area contributed by atoms with Gasteiger partial charge < -0.3 is 5.11 Å². The van der Waals surface area contributed by atoms with E-state index in [-0.39, 0.29) is 16.6 Å². The standard InChI is InChI=1S/C54H47N5O/c1-53(2,3)44-32-48(54(4,5)6)57-50(51(44)60)52-58-49-43(33-55-34-47(49)59(52)46-23-14-13-22-42(46)38-18-11-8-12-19-38)40-20-15-21-41(30-40)45-31-39(28-29-56-45)37-26-24-36(25-27-37)35-16-9-7-10-17-35/h7-34,60H,1-6H3. The van der Waals surface area contributed by atoms with Gasteiger partial charge in [-0.15, -0.1) is 0 Å². The lowest BCUT2D eigenvalue weighted by atomic mass is 9.82. The second-order valence-electron chi connectivity index (χ2n) is 17.4. The summed E-state index contributed by atoms with van der Waals surface area (Å²) in [6.07, 6.45) is 5.62. The highest BCUT2D eigenvalue weighted by molar-refractivity contribution is 5.96. The third-order valence-electron chi connectivity index (χ3n) is 11.1. The summed E-state index contributed by atoms with van der Waals surface area (Å²) in [7, 11) is 0. The van der Waals surface area contributed by atoms with Gasteiger partial charge in [0.15, 0.2) is 5.82 Å². The van der Waals surface area contributed by atoms with Crippen molar-refractivity contribution < 1.29 is 5.11 Å². The molecule has 0 aliphatic carbocycles. The van der Waals surface area contributed by atoms with Crippen molar-refractivity contribution in [3.8, 4) is 78.7 Å². The normalized spacial score (nSPS) is 11.9. The van der Waals surface area contributed by atoms with Crippen LogP contribution in [-0.2, 0) is 10.8 Å². The molecule has 0 amide bonds. The summed E-state index contributed by atoms with van der Waals surface area (Å²) in [6, 6.07) is 52.4. The first-order valence-corrected chi connectivity index (χ1v) is 20.4. The van der Waals surface area contributed by atoms with Crippen LogP contribution in [0.4, 0.5) is 0 Å². The second-order valence-corrected chi connectivity index (χ2v) is 17.4. The molecule has 0 atom stereocenters. The number of benzene rings is 5. The molecular formula is C54H47N5O. The van der Waals surface area contributed by atoms with Gasteiger partial charge in [-0.1, -0.05) is 163 Å². The summed E-state index contributed by atoms with van der Waals surface area (Å²) in [4.78, 5) is 20.3. The Balaban J connectivity index is 1.21. The molecule has 9 rings (SSSR count). The number of nitrogens with zero attached hydrogens (tertiary/aromatic N) is 5. The molecule has 0 saturated carbocycles. The molecule has 0 aliphatic heterocycles. The molecule has 6 heteroatoms. The summed E-state index contributed by atoms with van der Waals surface area (Å²) in [5.41, 5.74) is 14.3. The van der Waals surface area contributed by atoms with Gasteiger partial charge in [-0.2, -0.15) is 0 Å². The van der Waals surface area contributed by atoms with E-state index in [4.69, 9.17) is 19.9 Å². The predicted octanol–water partition coefficient (Wildman–Crippen LogP) is 13.5. The number of aromatic hydroxyl groups is 1. The van der Waals surface area contributed by atoms with Gasteiger partial charge in [-0.05, 0) is 69.1 Å². The Kier molecular flexibility index (Phi) is 9.72. The molecule has 4 aromatic heterocycles. The molecule has 0 spiro atoms. The molecule has 9 aromatic rings. The van der Waals surface area contributed by atoms with E-state index in [1.807, 2.05) is 55.0 Å². The summed E-state index contributed by atoms with van der Waals surface area (Å²) in [6.45, 7) is 12.8. The van der Waals surface area contributed by atoms with Crippen molar-refractivity contribution in [3.05, 3.63) is 182 Å². The molecule has 0 unspecified atom stereocenters. The van der Waals surface area contributed by atoms with Crippen molar-refractivity contribution in [2.75, 3.05) is 0 Å². The molecule has 0 radical (unpaired) electrons. The van der Waals surface area contributed by atoms with E-state index in [0.717, 1.165) is 72.6 Å². The third kappa shape index (κ3) is 7.26. The monoisotopic (exact) mass is 781 g/mol. The van der Waals surface area contributed by atoms with Crippen LogP contribution in [0.15, 0.2) is 170 Å². The fourth-order valence-electron chi connectivity index (χ4n) is 7.89. The van der Waals surface area contributed by atoms with Crippen molar-refractivity contribution in [1.29, 1.82) is 0 Å². The molecule has 0 saturated heterocycles. The maximum Gasteiger partial charge on any atom is 0.168 e. The third-order valence-corrected chi connectivity index (χ3v) is 11.1. The van der Waals surface area contributed by atoms with Gasteiger partial charge in [0.25, 0.3) is 0 Å². The van der Waals surface area contributed by atoms with Gasteiger partial charge in [-0.25, -0.2) is 9.97 Å². The van der Waals surface area contributed by atoms with Crippen molar-refractivity contribution in [2.24, 2.45) is 0 Å². The zero-order chi connectivity index (χ0) is 41.6. The van der Waals surface area contributed by atoms with Gasteiger partial charge in [0.2, 0.25) is 0 Å². The van der Waals surface area contributed by atoms with Crippen LogP contribution in [0.3, 0.4) is 0 Å². The molecule has 6 nitrogen and oxygen atoms in total. The zero-order valence-electron chi connectivity index (χ0n) is 34.8. The minimum absolute atomic E-state index is 0.126. The van der Waals surface area contributed by atoms with Crippen LogP contribution >= 0.6 is 0 Å². The Bertz CT molecular complexity index is 2990. The molecule has 0 fully saturated rings. The lowest BCUT2D eigenvalue weighted by Gasteiger charge is -2.26. The first kappa shape index (κ1) is 38.3. The number of hydrogen-bond donors (Lipinski definition) is 1. The van der Waals surface area contributed by atoms with Gasteiger partial charge in [0, 0.05) is 45.8 Å². The molecule has 60 heavy (non-hydrogen) atoms. The average molecular weight is 782 g/mol. The first-order chi connectivity index (χ1) is 28.9. The topological polar surface area (TPSA) is 76.7 Å². The fraction of sp³-hybridized carbons (Fsp3) is 0.148. The summed E-state index contributed by atoms with van der Waals surface area (Å²) < 4.78 is 2.12. The molecular weight excluding hydrogens is 735 g/mol. The Morgan fingerprint density at radius 3 is 1.82 bits per heavy atom. The number of fused-ring (bicyclic) bond motifs is 1. The van der Waals surface area contributed by atoms with Crippen LogP contribution in [0.25, 0.3) is 84.0 Å². The van der Waals surface area contributed by atoms with Crippen LogP contribution in [0.5, 0.6) is 5.75 Å². The Morgan fingerprint density at radius 1 is 0.500 bits per heavy atom. The highest BCUT2D eigenvalue weighted by atomic mass is 16.3. The lowest BCUT2D eigenvalue weighted by Crippen LogP contribution is -2.19. The van der Waals surface area contributed by atoms with Gasteiger partial charge in [0.1, 0.15) is 17.0 Å². The zero-order valence-corrected chi connectivity index (χ0v) is 34.8. The summed E-state index contributed by atoms with van der Waals surface area (Å²) in [5.74, 6) is 0.668. The highest BCUT2D eigenvalue weighted by Gasteiger charge is 2.30. The van der Waals surface area contributed by atoms with Crippen LogP contribution < -0.4 is 0 Å². The Hall–Kier alpha value is -7.18. The minimum atomic E-state index is -0.356. The number of hydrogen-bond acceptors (Lipinski definition) is 5. The van der Waals surface area contributed by atoms with Crippen LogP contribution in [0.2, 0.25) is 0 Å². The molecule has 4 heterocycles.